The van der Waals surface area contributed by atoms with Crippen molar-refractivity contribution in [1.82, 2.24) is 0 Å². The van der Waals surface area contributed by atoms with Crippen molar-refractivity contribution in [3.63, 3.8) is 0 Å². The number of nitrogens with one attached hydrogen (secondary N) is 1. The number of hydrogen-bond donors (Lipinski definition) is 2. The van der Waals surface area contributed by atoms with Crippen molar-refractivity contribution in [3.05, 3.63) is 91.5 Å². The second-order valence-corrected chi connectivity index (χ2v) is 10.5. The second kappa shape index (κ2) is 9.64. The van der Waals surface area contributed by atoms with Gasteiger partial charge in [-0.25, -0.2) is 4.39 Å². The second-order valence-electron chi connectivity index (χ2n) is 10.1. The van der Waals surface area contributed by atoms with E-state index < -0.39 is 12.9 Å². The van der Waals surface area contributed by atoms with Gasteiger partial charge in [-0.1, -0.05) is 31.5 Å². The summed E-state index contributed by atoms with van der Waals surface area (Å²) in [7, 11) is -1.26. The van der Waals surface area contributed by atoms with E-state index >= 15 is 0 Å². The Bertz CT molecular complexity index is 1600. The Morgan fingerprint density at radius 1 is 1.11 bits per heavy atom. The van der Waals surface area contributed by atoms with Crippen molar-refractivity contribution < 1.29 is 18.5 Å². The van der Waals surface area contributed by atoms with Gasteiger partial charge >= 0.3 is 7.12 Å². The maximum atomic E-state index is 14.9. The van der Waals surface area contributed by atoms with Crippen molar-refractivity contribution in [1.29, 1.82) is 0 Å². The van der Waals surface area contributed by atoms with Crippen molar-refractivity contribution in [2.24, 2.45) is 0 Å². The van der Waals surface area contributed by atoms with Gasteiger partial charge in [-0.05, 0) is 73.9 Å². The third-order valence-electron chi connectivity index (χ3n) is 6.94. The van der Waals surface area contributed by atoms with E-state index in [-0.39, 0.29) is 29.5 Å². The van der Waals surface area contributed by atoms with Crippen molar-refractivity contribution in [2.45, 2.75) is 53.2 Å². The first-order chi connectivity index (χ1) is 17.5. The van der Waals surface area contributed by atoms with Crippen LogP contribution in [0.1, 0.15) is 60.7 Å². The normalized spacial score (nSPS) is 13.9. The third kappa shape index (κ3) is 4.56. The molecule has 0 aliphatic carbocycles. The molecule has 3 aromatic carbocycles. The molecule has 5 nitrogen and oxygen atoms in total. The van der Waals surface area contributed by atoms with Crippen LogP contribution in [-0.2, 0) is 11.3 Å². The number of rotatable bonds is 5. The first kappa shape index (κ1) is 25.5. The van der Waals surface area contributed by atoms with Gasteiger partial charge in [0.05, 0.1) is 18.0 Å². The van der Waals surface area contributed by atoms with Crippen LogP contribution in [-0.4, -0.2) is 12.1 Å². The van der Waals surface area contributed by atoms with E-state index in [0.29, 0.717) is 44.0 Å². The monoisotopic (exact) mass is 519 g/mol. The van der Waals surface area contributed by atoms with Gasteiger partial charge in [0.1, 0.15) is 17.2 Å². The van der Waals surface area contributed by atoms with Crippen molar-refractivity contribution in [3.8, 4) is 11.1 Å². The minimum absolute atomic E-state index is 0.0210. The Morgan fingerprint density at radius 2 is 1.86 bits per heavy atom. The molecule has 0 radical (unpaired) electrons. The molecule has 4 aromatic rings. The van der Waals surface area contributed by atoms with Gasteiger partial charge in [0.15, 0.2) is 5.43 Å². The van der Waals surface area contributed by atoms with E-state index in [1.165, 1.54) is 6.07 Å². The van der Waals surface area contributed by atoms with Crippen LogP contribution in [0.5, 0.6) is 0 Å². The molecular weight excluding hydrogens is 492 g/mol. The summed E-state index contributed by atoms with van der Waals surface area (Å²) < 4.78 is 26.5. The smallest absolute Gasteiger partial charge is 0.460 e. The molecule has 1 aromatic heterocycles. The van der Waals surface area contributed by atoms with E-state index in [1.807, 2.05) is 58.9 Å². The van der Waals surface area contributed by atoms with Gasteiger partial charge < -0.3 is 19.4 Å². The zero-order valence-corrected chi connectivity index (χ0v) is 22.2. The summed E-state index contributed by atoms with van der Waals surface area (Å²) in [6.45, 7) is 9.91. The molecule has 0 unspecified atom stereocenters. The molecular formula is C29H28BClFNO4. The summed E-state index contributed by atoms with van der Waals surface area (Å²) in [6, 6.07) is 12.2. The van der Waals surface area contributed by atoms with Crippen LogP contribution in [0.4, 0.5) is 10.1 Å². The first-order valence-corrected chi connectivity index (χ1v) is 12.7. The molecule has 0 saturated heterocycles. The van der Waals surface area contributed by atoms with Crippen LogP contribution in [0, 0.1) is 19.7 Å². The summed E-state index contributed by atoms with van der Waals surface area (Å²) in [5.74, 6) is 0.217. The minimum Gasteiger partial charge on any atom is -0.460 e. The van der Waals surface area contributed by atoms with Crippen LogP contribution in [0.3, 0.4) is 0 Å². The van der Waals surface area contributed by atoms with Crippen LogP contribution >= 0.6 is 11.6 Å². The van der Waals surface area contributed by atoms with E-state index in [4.69, 9.17) is 20.7 Å². The van der Waals surface area contributed by atoms with E-state index in [1.54, 1.807) is 12.1 Å². The molecule has 2 N–H and O–H groups in total. The molecule has 5 rings (SSSR count). The molecule has 0 spiro atoms. The topological polar surface area (TPSA) is 71.7 Å². The molecule has 1 atom stereocenters. The predicted octanol–water partition coefficient (Wildman–Crippen LogP) is 6.38. The van der Waals surface area contributed by atoms with Crippen LogP contribution in [0.2, 0.25) is 5.02 Å². The first-order valence-electron chi connectivity index (χ1n) is 12.3. The molecule has 1 aliphatic heterocycles. The summed E-state index contributed by atoms with van der Waals surface area (Å²) in [4.78, 5) is 13.2. The Morgan fingerprint density at radius 3 is 2.59 bits per heavy atom. The molecule has 0 fully saturated rings. The fraction of sp³-hybridized carbons (Fsp3) is 0.276. The molecule has 1 aliphatic rings. The predicted molar refractivity (Wildman–Crippen MR) is 147 cm³/mol. The lowest BCUT2D eigenvalue weighted by atomic mass is 9.78. The number of anilines is 1. The fourth-order valence-corrected chi connectivity index (χ4v) is 5.30. The van der Waals surface area contributed by atoms with E-state index in [9.17, 15) is 14.2 Å². The largest absolute Gasteiger partial charge is 0.494 e. The van der Waals surface area contributed by atoms with Crippen molar-refractivity contribution in [2.75, 3.05) is 5.32 Å². The highest BCUT2D eigenvalue weighted by molar-refractivity contribution is 6.61. The van der Waals surface area contributed by atoms with Crippen LogP contribution in [0.25, 0.3) is 22.1 Å². The van der Waals surface area contributed by atoms with E-state index in [2.05, 4.69) is 5.32 Å². The maximum absolute atomic E-state index is 14.9. The lowest BCUT2D eigenvalue weighted by Gasteiger charge is -2.21. The molecule has 37 heavy (non-hydrogen) atoms. The molecule has 8 heteroatoms. The van der Waals surface area contributed by atoms with Gasteiger partial charge in [0.2, 0.25) is 0 Å². The van der Waals surface area contributed by atoms with Gasteiger partial charge in [0, 0.05) is 38.8 Å². The molecule has 190 valence electrons. The highest BCUT2D eigenvalue weighted by Gasteiger charge is 2.31. The Hall–Kier alpha value is -3.13. The Balaban J connectivity index is 1.61. The highest BCUT2D eigenvalue weighted by atomic mass is 35.5. The zero-order chi connectivity index (χ0) is 26.6. The highest BCUT2D eigenvalue weighted by Crippen LogP contribution is 2.36. The number of hydrogen-bond acceptors (Lipinski definition) is 5. The lowest BCUT2D eigenvalue weighted by molar-refractivity contribution is 0.275. The lowest BCUT2D eigenvalue weighted by Crippen LogP contribution is -2.31. The summed E-state index contributed by atoms with van der Waals surface area (Å²) >= 11 is 6.34. The van der Waals surface area contributed by atoms with Crippen molar-refractivity contribution >= 4 is 40.8 Å². The number of benzene rings is 3. The van der Waals surface area contributed by atoms with Gasteiger partial charge in [-0.3, -0.25) is 4.79 Å². The molecule has 0 saturated carbocycles. The number of halogens is 2. The average molecular weight is 520 g/mol. The minimum atomic E-state index is -1.26. The van der Waals surface area contributed by atoms with Crippen LogP contribution < -0.4 is 16.2 Å². The molecule has 0 amide bonds. The maximum Gasteiger partial charge on any atom is 0.494 e. The molecule has 0 bridgehead atoms. The Kier molecular flexibility index (Phi) is 6.65. The van der Waals surface area contributed by atoms with Crippen LogP contribution in [0.15, 0.2) is 51.7 Å². The average Bonchev–Trinajstić information content (AvgIpc) is 3.23. The van der Waals surface area contributed by atoms with Gasteiger partial charge in [0.25, 0.3) is 0 Å². The summed E-state index contributed by atoms with van der Waals surface area (Å²) in [6.07, 6.45) is 0. The summed E-state index contributed by atoms with van der Waals surface area (Å²) in [5.41, 5.74) is 5.82. The van der Waals surface area contributed by atoms with E-state index in [0.717, 1.165) is 16.8 Å². The third-order valence-corrected chi connectivity index (χ3v) is 7.18. The number of aryl methyl sites for hydroxylation is 1. The molecule has 2 heterocycles. The fourth-order valence-electron chi connectivity index (χ4n) is 5.13. The Labute approximate surface area is 220 Å². The number of fused-ring (bicyclic) bond motifs is 2. The zero-order valence-electron chi connectivity index (χ0n) is 21.4. The summed E-state index contributed by atoms with van der Waals surface area (Å²) in [5, 5.41) is 14.5. The van der Waals surface area contributed by atoms with Gasteiger partial charge in [-0.15, -0.1) is 0 Å². The standard InChI is InChI=1S/C29H28BClFNO4/c1-14(2)28-16(4)27(34)23-9-15(3)8-21(29(23)37-28)17(5)33-25-7-6-20(31)12-22(25)18-10-19-13-36-30(35)26(19)24(32)11-18/h6-12,14,17,33,35H,13H2,1-5H3/t17-/m0/s1. The SMILES string of the molecule is Cc1cc([C@H](C)Nc2ccc(Cl)cc2-c2cc(F)c3c(c2)COB3O)c2oc(C(C)C)c(C)c(=O)c2c1. The van der Waals surface area contributed by atoms with Gasteiger partial charge in [-0.2, -0.15) is 0 Å². The quantitative estimate of drug-likeness (QED) is 0.299.